The molecule has 0 aromatic rings. The number of hydrogen-bond acceptors (Lipinski definition) is 2. The largest absolute Gasteiger partial charge is 0.213 e. The predicted octanol–water partition coefficient (Wildman–Crippen LogP) is 1.70. The molecule has 1 aliphatic rings. The fourth-order valence-electron chi connectivity index (χ4n) is 1.95. The number of rotatable bonds is 3. The van der Waals surface area contributed by atoms with Gasteiger partial charge in [0.15, 0.2) is 0 Å². The summed E-state index contributed by atoms with van der Waals surface area (Å²) < 4.78 is 25.0. The third-order valence-electron chi connectivity index (χ3n) is 3.12. The van der Waals surface area contributed by atoms with Crippen molar-refractivity contribution in [3.63, 3.8) is 0 Å². The van der Waals surface area contributed by atoms with Gasteiger partial charge in [0, 0.05) is 13.1 Å². The third kappa shape index (κ3) is 2.70. The zero-order valence-corrected chi connectivity index (χ0v) is 10.2. The van der Waals surface area contributed by atoms with E-state index in [1.807, 2.05) is 0 Å². The summed E-state index contributed by atoms with van der Waals surface area (Å²) in [5, 5.41) is 0. The molecule has 14 heavy (non-hydrogen) atoms. The van der Waals surface area contributed by atoms with E-state index in [0.29, 0.717) is 11.8 Å². The smallest absolute Gasteiger partial charge is 0.212 e. The van der Waals surface area contributed by atoms with Crippen LogP contribution in [0.4, 0.5) is 0 Å². The Morgan fingerprint density at radius 3 is 2.57 bits per heavy atom. The molecule has 0 bridgehead atoms. The lowest BCUT2D eigenvalue weighted by molar-refractivity contribution is 0.219. The number of nitrogens with zero attached hydrogens (tertiary/aromatic N) is 1. The first-order chi connectivity index (χ1) is 6.47. The number of sulfonamides is 1. The maximum Gasteiger partial charge on any atom is 0.213 e. The van der Waals surface area contributed by atoms with Gasteiger partial charge in [-0.2, -0.15) is 0 Å². The van der Waals surface area contributed by atoms with Gasteiger partial charge in [-0.3, -0.25) is 0 Å². The molecule has 0 spiro atoms. The van der Waals surface area contributed by atoms with Gasteiger partial charge in [0.2, 0.25) is 10.0 Å². The highest BCUT2D eigenvalue weighted by Gasteiger charge is 2.28. The molecular weight excluding hydrogens is 198 g/mol. The van der Waals surface area contributed by atoms with Crippen LogP contribution in [-0.4, -0.2) is 31.6 Å². The Bertz CT molecular complexity index is 272. The lowest BCUT2D eigenvalue weighted by Crippen LogP contribution is -2.41. The van der Waals surface area contributed by atoms with Crippen LogP contribution in [0.25, 0.3) is 0 Å². The van der Waals surface area contributed by atoms with Crippen LogP contribution in [0.3, 0.4) is 0 Å². The summed E-state index contributed by atoms with van der Waals surface area (Å²) in [5.74, 6) is 1.37. The molecule has 0 radical (unpaired) electrons. The molecular formula is C10H21NO2S. The summed E-state index contributed by atoms with van der Waals surface area (Å²) in [6.45, 7) is 7.51. The second kappa shape index (κ2) is 4.62. The van der Waals surface area contributed by atoms with Crippen molar-refractivity contribution in [1.29, 1.82) is 0 Å². The van der Waals surface area contributed by atoms with Crippen LogP contribution in [0.15, 0.2) is 0 Å². The van der Waals surface area contributed by atoms with Crippen molar-refractivity contribution in [1.82, 2.24) is 4.31 Å². The normalized spacial score (nSPS) is 25.6. The Balaban J connectivity index is 2.65. The molecule has 84 valence electrons. The molecule has 1 rings (SSSR count). The van der Waals surface area contributed by atoms with Crippen molar-refractivity contribution in [3.05, 3.63) is 0 Å². The van der Waals surface area contributed by atoms with Crippen LogP contribution in [0.1, 0.15) is 33.6 Å². The Labute approximate surface area is 87.5 Å². The van der Waals surface area contributed by atoms with Crippen molar-refractivity contribution in [2.75, 3.05) is 18.8 Å². The van der Waals surface area contributed by atoms with Gasteiger partial charge in [0.25, 0.3) is 0 Å². The SMILES string of the molecule is CCS(=O)(=O)N1CCCC(C(C)C)C1. The van der Waals surface area contributed by atoms with E-state index >= 15 is 0 Å². The fourth-order valence-corrected chi connectivity index (χ4v) is 3.14. The maximum atomic E-state index is 11.6. The second-order valence-corrected chi connectivity index (χ2v) is 6.66. The Hall–Kier alpha value is -0.0900. The Morgan fingerprint density at radius 2 is 2.07 bits per heavy atom. The van der Waals surface area contributed by atoms with Crippen molar-refractivity contribution >= 4 is 10.0 Å². The van der Waals surface area contributed by atoms with Crippen LogP contribution in [0.5, 0.6) is 0 Å². The van der Waals surface area contributed by atoms with Crippen LogP contribution in [0.2, 0.25) is 0 Å². The molecule has 3 nitrogen and oxygen atoms in total. The molecule has 1 heterocycles. The minimum Gasteiger partial charge on any atom is -0.212 e. The first kappa shape index (κ1) is 12.0. The zero-order valence-electron chi connectivity index (χ0n) is 9.36. The molecule has 0 aromatic heterocycles. The van der Waals surface area contributed by atoms with Gasteiger partial charge < -0.3 is 0 Å². The van der Waals surface area contributed by atoms with E-state index in [0.717, 1.165) is 19.5 Å². The molecule has 0 saturated carbocycles. The van der Waals surface area contributed by atoms with E-state index in [1.54, 1.807) is 11.2 Å². The zero-order chi connectivity index (χ0) is 10.8. The average Bonchev–Trinajstić information content (AvgIpc) is 2.18. The minimum absolute atomic E-state index is 0.234. The van der Waals surface area contributed by atoms with Crippen molar-refractivity contribution in [2.24, 2.45) is 11.8 Å². The highest BCUT2D eigenvalue weighted by Crippen LogP contribution is 2.25. The van der Waals surface area contributed by atoms with Crippen LogP contribution >= 0.6 is 0 Å². The molecule has 0 amide bonds. The standard InChI is InChI=1S/C10H21NO2S/c1-4-14(12,13)11-7-5-6-10(8-11)9(2)3/h9-10H,4-8H2,1-3H3. The molecule has 0 N–H and O–H groups in total. The van der Waals surface area contributed by atoms with Crippen molar-refractivity contribution in [2.45, 2.75) is 33.6 Å². The highest BCUT2D eigenvalue weighted by molar-refractivity contribution is 7.89. The van der Waals surface area contributed by atoms with Gasteiger partial charge in [-0.1, -0.05) is 13.8 Å². The molecule has 1 fully saturated rings. The number of hydrogen-bond donors (Lipinski definition) is 0. The van der Waals surface area contributed by atoms with E-state index in [2.05, 4.69) is 13.8 Å². The lowest BCUT2D eigenvalue weighted by atomic mass is 9.89. The topological polar surface area (TPSA) is 37.4 Å². The molecule has 0 aliphatic carbocycles. The van der Waals surface area contributed by atoms with Gasteiger partial charge in [0.1, 0.15) is 0 Å². The molecule has 4 heteroatoms. The van der Waals surface area contributed by atoms with Gasteiger partial charge in [-0.25, -0.2) is 12.7 Å². The lowest BCUT2D eigenvalue weighted by Gasteiger charge is -2.33. The second-order valence-electron chi connectivity index (χ2n) is 4.40. The molecule has 1 atom stereocenters. The first-order valence-corrected chi connectivity index (χ1v) is 7.06. The van der Waals surface area contributed by atoms with E-state index in [1.165, 1.54) is 6.42 Å². The summed E-state index contributed by atoms with van der Waals surface area (Å²) in [7, 11) is -2.95. The predicted molar refractivity (Wildman–Crippen MR) is 58.6 cm³/mol. The van der Waals surface area contributed by atoms with E-state index in [4.69, 9.17) is 0 Å². The minimum atomic E-state index is -2.95. The quantitative estimate of drug-likeness (QED) is 0.724. The van der Waals surface area contributed by atoms with Crippen LogP contribution in [0, 0.1) is 11.8 Å². The van der Waals surface area contributed by atoms with Crippen molar-refractivity contribution in [3.8, 4) is 0 Å². The summed E-state index contributed by atoms with van der Waals surface area (Å²) in [6, 6.07) is 0. The molecule has 1 aliphatic heterocycles. The summed E-state index contributed by atoms with van der Waals surface area (Å²) in [6.07, 6.45) is 2.19. The van der Waals surface area contributed by atoms with Crippen LogP contribution < -0.4 is 0 Å². The van der Waals surface area contributed by atoms with Gasteiger partial charge in [0.05, 0.1) is 5.75 Å². The van der Waals surface area contributed by atoms with E-state index < -0.39 is 10.0 Å². The summed E-state index contributed by atoms with van der Waals surface area (Å²) in [5.41, 5.74) is 0. The number of piperidine rings is 1. The fraction of sp³-hybridized carbons (Fsp3) is 1.00. The highest BCUT2D eigenvalue weighted by atomic mass is 32.2. The van der Waals surface area contributed by atoms with Crippen molar-refractivity contribution < 1.29 is 8.42 Å². The van der Waals surface area contributed by atoms with E-state index in [9.17, 15) is 8.42 Å². The van der Waals surface area contributed by atoms with Gasteiger partial charge >= 0.3 is 0 Å². The third-order valence-corrected chi connectivity index (χ3v) is 4.97. The van der Waals surface area contributed by atoms with Gasteiger partial charge in [-0.05, 0) is 31.6 Å². The maximum absolute atomic E-state index is 11.6. The Morgan fingerprint density at radius 1 is 1.43 bits per heavy atom. The monoisotopic (exact) mass is 219 g/mol. The average molecular weight is 219 g/mol. The molecule has 1 saturated heterocycles. The van der Waals surface area contributed by atoms with Gasteiger partial charge in [-0.15, -0.1) is 0 Å². The first-order valence-electron chi connectivity index (χ1n) is 5.45. The molecule has 0 aromatic carbocycles. The molecule has 1 unspecified atom stereocenters. The van der Waals surface area contributed by atoms with Crippen LogP contribution in [-0.2, 0) is 10.0 Å². The summed E-state index contributed by atoms with van der Waals surface area (Å²) in [4.78, 5) is 0. The van der Waals surface area contributed by atoms with E-state index in [-0.39, 0.29) is 5.75 Å². The summed E-state index contributed by atoms with van der Waals surface area (Å²) >= 11 is 0. The Kier molecular flexibility index (Phi) is 3.95.